The first-order valence-corrected chi connectivity index (χ1v) is 6.31. The summed E-state index contributed by atoms with van der Waals surface area (Å²) >= 11 is 0. The first-order valence-electron chi connectivity index (χ1n) is 6.31. The van der Waals surface area contributed by atoms with Gasteiger partial charge in [0.25, 0.3) is 0 Å². The summed E-state index contributed by atoms with van der Waals surface area (Å²) in [6, 6.07) is 5.66. The van der Waals surface area contributed by atoms with Crippen molar-refractivity contribution in [2.75, 3.05) is 19.0 Å². The fourth-order valence-electron chi connectivity index (χ4n) is 1.66. The topological polar surface area (TPSA) is 105 Å². The highest BCUT2D eigenvalue weighted by Crippen LogP contribution is 2.10. The molecule has 3 N–H and O–H groups in total. The van der Waals surface area contributed by atoms with E-state index in [1.165, 1.54) is 14.0 Å². The van der Waals surface area contributed by atoms with Crippen molar-refractivity contribution < 1.29 is 24.2 Å². The van der Waals surface area contributed by atoms with Crippen LogP contribution in [0.5, 0.6) is 0 Å². The lowest BCUT2D eigenvalue weighted by Gasteiger charge is -2.13. The highest BCUT2D eigenvalue weighted by Gasteiger charge is 2.20. The lowest BCUT2D eigenvalue weighted by atomic mass is 10.1. The molecule has 0 aliphatic rings. The molecule has 0 radical (unpaired) electrons. The highest BCUT2D eigenvalue weighted by atomic mass is 16.5. The van der Waals surface area contributed by atoms with E-state index in [-0.39, 0.29) is 12.3 Å². The van der Waals surface area contributed by atoms with Crippen molar-refractivity contribution in [2.45, 2.75) is 19.4 Å². The summed E-state index contributed by atoms with van der Waals surface area (Å²) in [5.74, 6) is -1.29. The monoisotopic (exact) mass is 294 g/mol. The third-order valence-corrected chi connectivity index (χ3v) is 2.64. The zero-order valence-electron chi connectivity index (χ0n) is 11.9. The van der Waals surface area contributed by atoms with Crippen LogP contribution < -0.4 is 10.6 Å². The lowest BCUT2D eigenvalue weighted by molar-refractivity contribution is -0.146. The average molecular weight is 294 g/mol. The number of amides is 2. The standard InChI is InChI=1S/C14H18N2O5/c1-9(18)15-11-5-3-10(4-6-11)7-13(19)16-12(8-17)14(20)21-2/h3-6,12,17H,7-8H2,1-2H3,(H,15,18)(H,16,19). The zero-order valence-corrected chi connectivity index (χ0v) is 11.9. The molecule has 0 spiro atoms. The van der Waals surface area contributed by atoms with Crippen LogP contribution in [0, 0.1) is 0 Å². The minimum absolute atomic E-state index is 0.0495. The summed E-state index contributed by atoms with van der Waals surface area (Å²) in [7, 11) is 1.18. The first-order chi connectivity index (χ1) is 9.96. The van der Waals surface area contributed by atoms with Crippen molar-refractivity contribution >= 4 is 23.5 Å². The third-order valence-electron chi connectivity index (χ3n) is 2.64. The van der Waals surface area contributed by atoms with Gasteiger partial charge in [0.1, 0.15) is 0 Å². The zero-order chi connectivity index (χ0) is 15.8. The summed E-state index contributed by atoms with van der Waals surface area (Å²) in [6.07, 6.45) is 0.0495. The molecule has 0 aromatic heterocycles. The summed E-state index contributed by atoms with van der Waals surface area (Å²) in [4.78, 5) is 33.9. The fraction of sp³-hybridized carbons (Fsp3) is 0.357. The number of aliphatic hydroxyl groups is 1. The minimum atomic E-state index is -1.07. The maximum atomic E-state index is 11.8. The van der Waals surface area contributed by atoms with Gasteiger partial charge in [0.15, 0.2) is 6.04 Å². The normalized spacial score (nSPS) is 11.4. The van der Waals surface area contributed by atoms with E-state index in [0.29, 0.717) is 11.3 Å². The quantitative estimate of drug-likeness (QED) is 0.632. The van der Waals surface area contributed by atoms with Crippen LogP contribution in [-0.4, -0.2) is 42.6 Å². The van der Waals surface area contributed by atoms with Gasteiger partial charge in [-0.05, 0) is 17.7 Å². The smallest absolute Gasteiger partial charge is 0.330 e. The summed E-state index contributed by atoms with van der Waals surface area (Å²) in [5, 5.41) is 14.0. The number of nitrogens with one attached hydrogen (secondary N) is 2. The molecule has 1 rings (SSSR count). The number of carbonyl (C=O) groups excluding carboxylic acids is 3. The van der Waals surface area contributed by atoms with Gasteiger partial charge in [-0.2, -0.15) is 0 Å². The minimum Gasteiger partial charge on any atom is -0.467 e. The largest absolute Gasteiger partial charge is 0.467 e. The molecule has 0 saturated carbocycles. The predicted octanol–water partition coefficient (Wildman–Crippen LogP) is -0.162. The number of hydrogen-bond acceptors (Lipinski definition) is 5. The van der Waals surface area contributed by atoms with Gasteiger partial charge in [-0.1, -0.05) is 12.1 Å². The van der Waals surface area contributed by atoms with E-state index in [9.17, 15) is 14.4 Å². The van der Waals surface area contributed by atoms with Crippen LogP contribution in [0.1, 0.15) is 12.5 Å². The molecule has 1 atom stereocenters. The van der Waals surface area contributed by atoms with Crippen molar-refractivity contribution in [1.82, 2.24) is 5.32 Å². The molecule has 0 fully saturated rings. The highest BCUT2D eigenvalue weighted by molar-refractivity contribution is 5.89. The van der Waals surface area contributed by atoms with E-state index in [4.69, 9.17) is 5.11 Å². The second-order valence-corrected chi connectivity index (χ2v) is 4.38. The van der Waals surface area contributed by atoms with Crippen molar-refractivity contribution in [1.29, 1.82) is 0 Å². The van der Waals surface area contributed by atoms with Crippen molar-refractivity contribution in [2.24, 2.45) is 0 Å². The lowest BCUT2D eigenvalue weighted by Crippen LogP contribution is -2.44. The van der Waals surface area contributed by atoms with Crippen LogP contribution in [-0.2, 0) is 25.5 Å². The third kappa shape index (κ3) is 5.62. The molecule has 7 nitrogen and oxygen atoms in total. The second kappa shape index (κ2) is 8.01. The summed E-state index contributed by atoms with van der Waals surface area (Å²) in [6.45, 7) is 0.878. The van der Waals surface area contributed by atoms with Crippen LogP contribution in [0.3, 0.4) is 0 Å². The Kier molecular flexibility index (Phi) is 6.35. The van der Waals surface area contributed by atoms with E-state index in [0.717, 1.165) is 0 Å². The molecule has 1 aromatic rings. The van der Waals surface area contributed by atoms with Crippen LogP contribution in [0.4, 0.5) is 5.69 Å². The van der Waals surface area contributed by atoms with E-state index >= 15 is 0 Å². The Morgan fingerprint density at radius 1 is 1.24 bits per heavy atom. The van der Waals surface area contributed by atoms with Gasteiger partial charge in [0.2, 0.25) is 11.8 Å². The number of methoxy groups -OCH3 is 1. The number of anilines is 1. The molecule has 0 aliphatic carbocycles. The van der Waals surface area contributed by atoms with Gasteiger partial charge in [-0.3, -0.25) is 9.59 Å². The van der Waals surface area contributed by atoms with Gasteiger partial charge in [0.05, 0.1) is 20.1 Å². The Labute approximate surface area is 122 Å². The Balaban J connectivity index is 2.58. The average Bonchev–Trinajstić information content (AvgIpc) is 2.45. The Morgan fingerprint density at radius 3 is 2.33 bits per heavy atom. The Morgan fingerprint density at radius 2 is 1.86 bits per heavy atom. The molecule has 7 heteroatoms. The molecule has 0 bridgehead atoms. The van der Waals surface area contributed by atoms with Gasteiger partial charge < -0.3 is 20.5 Å². The van der Waals surface area contributed by atoms with Crippen LogP contribution in [0.2, 0.25) is 0 Å². The van der Waals surface area contributed by atoms with E-state index in [1.807, 2.05) is 0 Å². The fourth-order valence-corrected chi connectivity index (χ4v) is 1.66. The van der Waals surface area contributed by atoms with Gasteiger partial charge in [-0.25, -0.2) is 4.79 Å². The van der Waals surface area contributed by atoms with E-state index < -0.39 is 24.5 Å². The Bertz CT molecular complexity index is 513. The number of esters is 1. The van der Waals surface area contributed by atoms with Crippen molar-refractivity contribution in [3.63, 3.8) is 0 Å². The molecule has 21 heavy (non-hydrogen) atoms. The van der Waals surface area contributed by atoms with Crippen LogP contribution in [0.15, 0.2) is 24.3 Å². The molecular formula is C14H18N2O5. The molecule has 0 heterocycles. The Hall–Kier alpha value is -2.41. The molecule has 2 amide bonds. The van der Waals surface area contributed by atoms with Crippen LogP contribution in [0.25, 0.3) is 0 Å². The second-order valence-electron chi connectivity index (χ2n) is 4.38. The SMILES string of the molecule is COC(=O)C(CO)NC(=O)Cc1ccc(NC(C)=O)cc1. The molecule has 0 aliphatic heterocycles. The number of ether oxygens (including phenoxy) is 1. The van der Waals surface area contributed by atoms with Gasteiger partial charge >= 0.3 is 5.97 Å². The van der Waals surface area contributed by atoms with Gasteiger partial charge in [-0.15, -0.1) is 0 Å². The number of aliphatic hydroxyl groups excluding tert-OH is 1. The van der Waals surface area contributed by atoms with Crippen LogP contribution >= 0.6 is 0 Å². The number of benzene rings is 1. The number of carbonyl (C=O) groups is 3. The van der Waals surface area contributed by atoms with E-state index in [2.05, 4.69) is 15.4 Å². The molecular weight excluding hydrogens is 276 g/mol. The summed E-state index contributed by atoms with van der Waals surface area (Å²) in [5.41, 5.74) is 1.35. The maximum absolute atomic E-state index is 11.8. The van der Waals surface area contributed by atoms with Gasteiger partial charge in [0, 0.05) is 12.6 Å². The maximum Gasteiger partial charge on any atom is 0.330 e. The molecule has 114 valence electrons. The predicted molar refractivity (Wildman–Crippen MR) is 75.5 cm³/mol. The number of hydrogen-bond donors (Lipinski definition) is 3. The first kappa shape index (κ1) is 16.6. The number of rotatable bonds is 6. The summed E-state index contributed by atoms with van der Waals surface area (Å²) < 4.78 is 4.45. The molecule has 1 aromatic carbocycles. The molecule has 0 saturated heterocycles. The van der Waals surface area contributed by atoms with Crippen molar-refractivity contribution in [3.8, 4) is 0 Å². The van der Waals surface area contributed by atoms with Crippen molar-refractivity contribution in [3.05, 3.63) is 29.8 Å². The van der Waals surface area contributed by atoms with E-state index in [1.54, 1.807) is 24.3 Å². The molecule has 1 unspecified atom stereocenters.